The van der Waals surface area contributed by atoms with E-state index in [0.717, 1.165) is 32.0 Å². The standard InChI is InChI=1S/C15H25N3OS/c1-4-16-14(18-8-7-12(19)10-18)17-11-15(2,3)13-6-5-9-20-13/h5-6,9,12,19H,4,7-8,10-11H2,1-3H3,(H,16,17)/t12-/m1/s1. The van der Waals surface area contributed by atoms with Gasteiger partial charge >= 0.3 is 0 Å². The van der Waals surface area contributed by atoms with E-state index >= 15 is 0 Å². The Bertz CT molecular complexity index is 442. The summed E-state index contributed by atoms with van der Waals surface area (Å²) in [6.07, 6.45) is 0.614. The van der Waals surface area contributed by atoms with E-state index in [9.17, 15) is 5.11 Å². The van der Waals surface area contributed by atoms with Crippen molar-refractivity contribution in [2.45, 2.75) is 38.7 Å². The van der Waals surface area contributed by atoms with Gasteiger partial charge in [0.15, 0.2) is 5.96 Å². The zero-order valence-corrected chi connectivity index (χ0v) is 13.4. The fourth-order valence-corrected chi connectivity index (χ4v) is 3.22. The lowest BCUT2D eigenvalue weighted by atomic mass is 9.92. The van der Waals surface area contributed by atoms with Gasteiger partial charge in [-0.1, -0.05) is 19.9 Å². The highest BCUT2D eigenvalue weighted by molar-refractivity contribution is 7.10. The first-order valence-electron chi connectivity index (χ1n) is 7.28. The predicted molar refractivity (Wildman–Crippen MR) is 85.5 cm³/mol. The largest absolute Gasteiger partial charge is 0.391 e. The van der Waals surface area contributed by atoms with Gasteiger partial charge in [-0.3, -0.25) is 4.99 Å². The number of nitrogens with one attached hydrogen (secondary N) is 1. The van der Waals surface area contributed by atoms with Crippen LogP contribution in [0, 0.1) is 0 Å². The summed E-state index contributed by atoms with van der Waals surface area (Å²) in [6, 6.07) is 4.26. The lowest BCUT2D eigenvalue weighted by Crippen LogP contribution is -2.41. The van der Waals surface area contributed by atoms with Crippen molar-refractivity contribution >= 4 is 17.3 Å². The van der Waals surface area contributed by atoms with Crippen LogP contribution in [0.15, 0.2) is 22.5 Å². The molecule has 1 fully saturated rings. The fourth-order valence-electron chi connectivity index (χ4n) is 2.37. The smallest absolute Gasteiger partial charge is 0.194 e. The van der Waals surface area contributed by atoms with Gasteiger partial charge < -0.3 is 15.3 Å². The molecule has 0 unspecified atom stereocenters. The minimum absolute atomic E-state index is 0.0488. The second-order valence-electron chi connectivity index (χ2n) is 5.92. The van der Waals surface area contributed by atoms with Crippen molar-refractivity contribution in [1.29, 1.82) is 0 Å². The van der Waals surface area contributed by atoms with Gasteiger partial charge in [0.25, 0.3) is 0 Å². The summed E-state index contributed by atoms with van der Waals surface area (Å²) in [4.78, 5) is 8.30. The molecule has 1 aromatic rings. The topological polar surface area (TPSA) is 47.9 Å². The van der Waals surface area contributed by atoms with Gasteiger partial charge in [-0.2, -0.15) is 0 Å². The first kappa shape index (κ1) is 15.3. The van der Waals surface area contributed by atoms with Gasteiger partial charge in [-0.25, -0.2) is 0 Å². The maximum absolute atomic E-state index is 9.67. The van der Waals surface area contributed by atoms with E-state index in [-0.39, 0.29) is 11.5 Å². The molecule has 4 nitrogen and oxygen atoms in total. The molecule has 5 heteroatoms. The van der Waals surface area contributed by atoms with Crippen molar-refractivity contribution in [3.63, 3.8) is 0 Å². The molecule has 0 saturated carbocycles. The van der Waals surface area contributed by atoms with Gasteiger partial charge in [-0.15, -0.1) is 11.3 Å². The monoisotopic (exact) mass is 295 g/mol. The number of hydrogen-bond acceptors (Lipinski definition) is 3. The van der Waals surface area contributed by atoms with Crippen LogP contribution in [0.5, 0.6) is 0 Å². The SMILES string of the molecule is CCNC(=NCC(C)(C)c1cccs1)N1CC[C@@H](O)C1. The minimum atomic E-state index is -0.218. The van der Waals surface area contributed by atoms with E-state index in [2.05, 4.69) is 48.5 Å². The number of rotatable bonds is 4. The van der Waals surface area contributed by atoms with Crippen LogP contribution in [-0.2, 0) is 5.41 Å². The molecule has 0 amide bonds. The van der Waals surface area contributed by atoms with Crippen molar-refractivity contribution in [2.24, 2.45) is 4.99 Å². The van der Waals surface area contributed by atoms with Crippen LogP contribution in [0.3, 0.4) is 0 Å². The van der Waals surface area contributed by atoms with Gasteiger partial charge in [0.2, 0.25) is 0 Å². The molecule has 0 bridgehead atoms. The van der Waals surface area contributed by atoms with Gasteiger partial charge in [0.1, 0.15) is 0 Å². The van der Waals surface area contributed by atoms with Crippen molar-refractivity contribution in [3.05, 3.63) is 22.4 Å². The second kappa shape index (κ2) is 6.59. The summed E-state index contributed by atoms with van der Waals surface area (Å²) in [7, 11) is 0. The molecular weight excluding hydrogens is 270 g/mol. The molecule has 1 atom stereocenters. The second-order valence-corrected chi connectivity index (χ2v) is 6.87. The lowest BCUT2D eigenvalue weighted by molar-refractivity contribution is 0.187. The third-order valence-electron chi connectivity index (χ3n) is 3.61. The zero-order valence-electron chi connectivity index (χ0n) is 12.6. The van der Waals surface area contributed by atoms with E-state index in [4.69, 9.17) is 4.99 Å². The number of aliphatic hydroxyl groups excluding tert-OH is 1. The molecule has 1 aromatic heterocycles. The van der Waals surface area contributed by atoms with E-state index in [1.165, 1.54) is 4.88 Å². The maximum Gasteiger partial charge on any atom is 0.194 e. The van der Waals surface area contributed by atoms with Crippen molar-refractivity contribution in [1.82, 2.24) is 10.2 Å². The molecule has 0 aliphatic carbocycles. The number of thiophene rings is 1. The highest BCUT2D eigenvalue weighted by Gasteiger charge is 2.25. The van der Waals surface area contributed by atoms with Crippen molar-refractivity contribution in [3.8, 4) is 0 Å². The molecule has 0 aromatic carbocycles. The molecule has 1 aliphatic rings. The molecule has 2 rings (SSSR count). The number of β-amino-alcohol motifs (C(OH)–C–C–N with tert-alkyl or cyclic N) is 1. The maximum atomic E-state index is 9.67. The van der Waals surface area contributed by atoms with Crippen LogP contribution in [0.25, 0.3) is 0 Å². The number of hydrogen-bond donors (Lipinski definition) is 2. The Kier molecular flexibility index (Phi) is 5.05. The predicted octanol–water partition coefficient (Wildman–Crippen LogP) is 2.06. The quantitative estimate of drug-likeness (QED) is 0.660. The van der Waals surface area contributed by atoms with Gasteiger partial charge in [0, 0.05) is 29.9 Å². The lowest BCUT2D eigenvalue weighted by Gasteiger charge is -2.25. The van der Waals surface area contributed by atoms with Crippen LogP contribution in [0.4, 0.5) is 0 Å². The Labute approximate surface area is 125 Å². The zero-order chi connectivity index (χ0) is 14.6. The third-order valence-corrected chi connectivity index (χ3v) is 4.85. The fraction of sp³-hybridized carbons (Fsp3) is 0.667. The Morgan fingerprint density at radius 3 is 2.95 bits per heavy atom. The Morgan fingerprint density at radius 1 is 1.60 bits per heavy atom. The average Bonchev–Trinajstić information content (AvgIpc) is 3.05. The molecular formula is C15H25N3OS. The molecule has 2 heterocycles. The minimum Gasteiger partial charge on any atom is -0.391 e. The summed E-state index contributed by atoms with van der Waals surface area (Å²) in [5.41, 5.74) is 0.0488. The van der Waals surface area contributed by atoms with E-state index < -0.39 is 0 Å². The van der Waals surface area contributed by atoms with Crippen molar-refractivity contribution < 1.29 is 5.11 Å². The van der Waals surface area contributed by atoms with E-state index in [0.29, 0.717) is 6.54 Å². The third kappa shape index (κ3) is 3.73. The van der Waals surface area contributed by atoms with Gasteiger partial charge in [-0.05, 0) is 24.8 Å². The summed E-state index contributed by atoms with van der Waals surface area (Å²) < 4.78 is 0. The Hall–Kier alpha value is -1.07. The number of aliphatic hydroxyl groups is 1. The highest BCUT2D eigenvalue weighted by atomic mass is 32.1. The normalized spacial score (nSPS) is 20.5. The van der Waals surface area contributed by atoms with Crippen LogP contribution >= 0.6 is 11.3 Å². The van der Waals surface area contributed by atoms with E-state index in [1.807, 2.05) is 0 Å². The molecule has 112 valence electrons. The van der Waals surface area contributed by atoms with Crippen LogP contribution in [0.2, 0.25) is 0 Å². The number of nitrogens with zero attached hydrogens (tertiary/aromatic N) is 2. The van der Waals surface area contributed by atoms with Gasteiger partial charge in [0.05, 0.1) is 12.6 Å². The average molecular weight is 295 g/mol. The molecule has 2 N–H and O–H groups in total. The van der Waals surface area contributed by atoms with Crippen molar-refractivity contribution in [2.75, 3.05) is 26.2 Å². The first-order chi connectivity index (χ1) is 9.53. The van der Waals surface area contributed by atoms with Crippen LogP contribution < -0.4 is 5.32 Å². The highest BCUT2D eigenvalue weighted by Crippen LogP contribution is 2.27. The number of likely N-dealkylation sites (tertiary alicyclic amines) is 1. The molecule has 20 heavy (non-hydrogen) atoms. The molecule has 1 aliphatic heterocycles. The Morgan fingerprint density at radius 2 is 2.40 bits per heavy atom. The van der Waals surface area contributed by atoms with Crippen LogP contribution in [0.1, 0.15) is 32.1 Å². The molecule has 1 saturated heterocycles. The summed E-state index contributed by atoms with van der Waals surface area (Å²) in [5, 5.41) is 15.1. The number of guanidine groups is 1. The summed E-state index contributed by atoms with van der Waals surface area (Å²) in [5.74, 6) is 0.925. The number of aliphatic imine (C=N–C) groups is 1. The van der Waals surface area contributed by atoms with E-state index in [1.54, 1.807) is 11.3 Å². The van der Waals surface area contributed by atoms with Crippen LogP contribution in [-0.4, -0.2) is 48.2 Å². The Balaban J connectivity index is 2.05. The summed E-state index contributed by atoms with van der Waals surface area (Å²) in [6.45, 7) is 9.70. The molecule has 0 radical (unpaired) electrons. The summed E-state index contributed by atoms with van der Waals surface area (Å²) >= 11 is 1.78. The molecule has 0 spiro atoms. The first-order valence-corrected chi connectivity index (χ1v) is 8.16.